The van der Waals surface area contributed by atoms with Crippen molar-refractivity contribution in [3.8, 4) is 6.01 Å². The number of ether oxygens (including phenoxy) is 1. The van der Waals surface area contributed by atoms with Gasteiger partial charge in [0.25, 0.3) is 0 Å². The molecule has 6 heteroatoms. The Balaban J connectivity index is 2.71. The number of hydrogen-bond donors (Lipinski definition) is 2. The van der Waals surface area contributed by atoms with Gasteiger partial charge in [0, 0.05) is 0 Å². The minimum absolute atomic E-state index is 0.184. The van der Waals surface area contributed by atoms with E-state index < -0.39 is 0 Å². The van der Waals surface area contributed by atoms with Gasteiger partial charge in [-0.05, 0) is 12.2 Å². The largest absolute Gasteiger partial charge is 0.467 e. The lowest BCUT2D eigenvalue weighted by atomic mass is 10.5. The summed E-state index contributed by atoms with van der Waals surface area (Å²) in [6.45, 7) is 0. The number of nitrogens with two attached hydrogens (primary N) is 1. The molecule has 3 N–H and O–H groups in total. The Morgan fingerprint density at radius 2 is 2.17 bits per heavy atom. The van der Waals surface area contributed by atoms with Crippen molar-refractivity contribution in [1.82, 2.24) is 9.97 Å². The van der Waals surface area contributed by atoms with Crippen molar-refractivity contribution < 1.29 is 4.74 Å². The van der Waals surface area contributed by atoms with Crippen LogP contribution in [-0.4, -0.2) is 22.2 Å². The van der Waals surface area contributed by atoms with Crippen LogP contribution in [0.25, 0.3) is 0 Å². The molecule has 5 nitrogen and oxygen atoms in total. The highest BCUT2D eigenvalue weighted by Gasteiger charge is 1.95. The van der Waals surface area contributed by atoms with Crippen LogP contribution in [0, 0.1) is 0 Å². The van der Waals surface area contributed by atoms with Gasteiger partial charge in [0.15, 0.2) is 5.11 Å². The van der Waals surface area contributed by atoms with Gasteiger partial charge in [0.1, 0.15) is 0 Å². The summed E-state index contributed by atoms with van der Waals surface area (Å²) in [7, 11) is 1.50. The third-order valence-electron chi connectivity index (χ3n) is 1.08. The molecule has 0 aliphatic rings. The van der Waals surface area contributed by atoms with Crippen molar-refractivity contribution in [3.05, 3.63) is 12.4 Å². The van der Waals surface area contributed by atoms with Crippen LogP contribution in [0.4, 0.5) is 5.69 Å². The molecular weight excluding hydrogens is 176 g/mol. The van der Waals surface area contributed by atoms with Gasteiger partial charge in [-0.25, -0.2) is 9.97 Å². The monoisotopic (exact) mass is 184 g/mol. The van der Waals surface area contributed by atoms with Crippen molar-refractivity contribution in [1.29, 1.82) is 0 Å². The highest BCUT2D eigenvalue weighted by atomic mass is 32.1. The second-order valence-corrected chi connectivity index (χ2v) is 2.39. The van der Waals surface area contributed by atoms with E-state index in [1.54, 1.807) is 0 Å². The molecule has 12 heavy (non-hydrogen) atoms. The van der Waals surface area contributed by atoms with Gasteiger partial charge in [0.05, 0.1) is 25.2 Å². The maximum atomic E-state index is 5.23. The van der Waals surface area contributed by atoms with Crippen LogP contribution in [0.5, 0.6) is 6.01 Å². The van der Waals surface area contributed by atoms with E-state index in [1.807, 2.05) is 0 Å². The molecule has 1 aromatic rings. The van der Waals surface area contributed by atoms with Crippen LogP contribution in [0.15, 0.2) is 12.4 Å². The third-order valence-corrected chi connectivity index (χ3v) is 1.18. The van der Waals surface area contributed by atoms with Crippen molar-refractivity contribution in [3.63, 3.8) is 0 Å². The van der Waals surface area contributed by atoms with Crippen LogP contribution in [0.2, 0.25) is 0 Å². The molecule has 0 bridgehead atoms. The Bertz CT molecular complexity index is 273. The molecule has 0 unspecified atom stereocenters. The maximum absolute atomic E-state index is 5.23. The summed E-state index contributed by atoms with van der Waals surface area (Å²) in [5, 5.41) is 2.87. The Morgan fingerprint density at radius 1 is 1.58 bits per heavy atom. The molecule has 0 spiro atoms. The summed E-state index contributed by atoms with van der Waals surface area (Å²) >= 11 is 4.62. The number of hydrogen-bond acceptors (Lipinski definition) is 4. The van der Waals surface area contributed by atoms with E-state index in [2.05, 4.69) is 27.5 Å². The average Bonchev–Trinajstić information content (AvgIpc) is 2.05. The lowest BCUT2D eigenvalue weighted by molar-refractivity contribution is 0.380. The van der Waals surface area contributed by atoms with E-state index in [4.69, 9.17) is 10.5 Å². The quantitative estimate of drug-likeness (QED) is 0.637. The molecular formula is C6H8N4OS. The maximum Gasteiger partial charge on any atom is 0.316 e. The van der Waals surface area contributed by atoms with E-state index in [1.165, 1.54) is 19.5 Å². The number of nitrogens with zero attached hydrogens (tertiary/aromatic N) is 2. The van der Waals surface area contributed by atoms with Gasteiger partial charge >= 0.3 is 6.01 Å². The Labute approximate surface area is 75.0 Å². The number of aromatic nitrogens is 2. The summed E-state index contributed by atoms with van der Waals surface area (Å²) in [4.78, 5) is 7.68. The van der Waals surface area contributed by atoms with Crippen LogP contribution >= 0.6 is 12.2 Å². The Kier molecular flexibility index (Phi) is 2.76. The van der Waals surface area contributed by atoms with Gasteiger partial charge in [-0.3, -0.25) is 0 Å². The van der Waals surface area contributed by atoms with Crippen molar-refractivity contribution in [2.75, 3.05) is 12.4 Å². The van der Waals surface area contributed by atoms with Gasteiger partial charge in [-0.1, -0.05) is 0 Å². The van der Waals surface area contributed by atoms with E-state index >= 15 is 0 Å². The Morgan fingerprint density at radius 3 is 2.58 bits per heavy atom. The van der Waals surface area contributed by atoms with Gasteiger partial charge in [0.2, 0.25) is 0 Å². The van der Waals surface area contributed by atoms with Gasteiger partial charge in [-0.15, -0.1) is 0 Å². The average molecular weight is 184 g/mol. The normalized spacial score (nSPS) is 9.08. The summed E-state index contributed by atoms with van der Waals surface area (Å²) in [6.07, 6.45) is 3.07. The molecule has 0 aliphatic carbocycles. The fourth-order valence-corrected chi connectivity index (χ4v) is 0.746. The molecule has 0 fully saturated rings. The Hall–Kier alpha value is -1.43. The number of rotatable bonds is 2. The second kappa shape index (κ2) is 3.82. The zero-order valence-corrected chi connectivity index (χ0v) is 7.26. The fourth-order valence-electron chi connectivity index (χ4n) is 0.628. The van der Waals surface area contributed by atoms with Crippen molar-refractivity contribution in [2.45, 2.75) is 0 Å². The molecule has 1 heterocycles. The standard InChI is InChI=1S/C6H8N4OS/c1-11-6-8-2-4(3-9-6)10-5(7)12/h2-3H,1H3,(H3,7,10,12). The molecule has 0 aliphatic heterocycles. The second-order valence-electron chi connectivity index (χ2n) is 1.95. The number of anilines is 1. The molecule has 0 saturated heterocycles. The molecule has 1 rings (SSSR count). The summed E-state index contributed by atoms with van der Waals surface area (Å²) < 4.78 is 4.76. The lowest BCUT2D eigenvalue weighted by Crippen LogP contribution is -2.19. The predicted octanol–water partition coefficient (Wildman–Crippen LogP) is 0.141. The minimum atomic E-state index is 0.184. The zero-order valence-electron chi connectivity index (χ0n) is 6.44. The first-order valence-electron chi connectivity index (χ1n) is 3.15. The summed E-state index contributed by atoms with van der Waals surface area (Å²) in [5.74, 6) is 0. The molecule has 0 aromatic carbocycles. The zero-order chi connectivity index (χ0) is 8.97. The van der Waals surface area contributed by atoms with Crippen molar-refractivity contribution in [2.24, 2.45) is 5.73 Å². The highest BCUT2D eigenvalue weighted by molar-refractivity contribution is 7.80. The van der Waals surface area contributed by atoms with Crippen LogP contribution < -0.4 is 15.8 Å². The topological polar surface area (TPSA) is 73.1 Å². The first kappa shape index (κ1) is 8.66. The van der Waals surface area contributed by atoms with Crippen LogP contribution in [0.3, 0.4) is 0 Å². The molecule has 0 radical (unpaired) electrons. The smallest absolute Gasteiger partial charge is 0.316 e. The van der Waals surface area contributed by atoms with Crippen LogP contribution in [0.1, 0.15) is 0 Å². The third kappa shape index (κ3) is 2.31. The van der Waals surface area contributed by atoms with E-state index in [0.717, 1.165) is 0 Å². The number of nitrogens with one attached hydrogen (secondary N) is 1. The van der Waals surface area contributed by atoms with E-state index in [-0.39, 0.29) is 5.11 Å². The molecule has 0 atom stereocenters. The van der Waals surface area contributed by atoms with Crippen molar-refractivity contribution >= 4 is 23.0 Å². The number of thiocarbonyl (C=S) groups is 1. The first-order valence-corrected chi connectivity index (χ1v) is 3.55. The van der Waals surface area contributed by atoms with E-state index in [0.29, 0.717) is 11.7 Å². The molecule has 1 aromatic heterocycles. The van der Waals surface area contributed by atoms with Gasteiger partial charge in [-0.2, -0.15) is 0 Å². The SMILES string of the molecule is COc1ncc(NC(N)=S)cn1. The predicted molar refractivity (Wildman–Crippen MR) is 49.0 cm³/mol. The van der Waals surface area contributed by atoms with Crippen LogP contribution in [-0.2, 0) is 0 Å². The first-order chi connectivity index (χ1) is 5.72. The lowest BCUT2D eigenvalue weighted by Gasteiger charge is -2.02. The number of methoxy groups -OCH3 is 1. The molecule has 0 saturated carbocycles. The molecule has 0 amide bonds. The summed E-state index contributed by atoms with van der Waals surface area (Å²) in [5.41, 5.74) is 5.87. The minimum Gasteiger partial charge on any atom is -0.467 e. The van der Waals surface area contributed by atoms with E-state index in [9.17, 15) is 0 Å². The molecule has 64 valence electrons. The van der Waals surface area contributed by atoms with Gasteiger partial charge < -0.3 is 15.8 Å². The summed E-state index contributed by atoms with van der Waals surface area (Å²) in [6, 6.07) is 0.309. The highest BCUT2D eigenvalue weighted by Crippen LogP contribution is 2.05. The fraction of sp³-hybridized carbons (Fsp3) is 0.167.